The Morgan fingerprint density at radius 2 is 1.88 bits per heavy atom. The summed E-state index contributed by atoms with van der Waals surface area (Å²) in [6.45, 7) is 7.15. The largest absolute Gasteiger partial charge is 0.493 e. The minimum absolute atomic E-state index is 0.108. The second-order valence-corrected chi connectivity index (χ2v) is 10.8. The highest BCUT2D eigenvalue weighted by atomic mass is 32.2. The van der Waals surface area contributed by atoms with E-state index >= 15 is 0 Å². The van der Waals surface area contributed by atoms with Gasteiger partial charge in [0.1, 0.15) is 0 Å². The van der Waals surface area contributed by atoms with Gasteiger partial charge in [0, 0.05) is 11.7 Å². The average Bonchev–Trinajstić information content (AvgIpc) is 3.13. The molecule has 1 saturated heterocycles. The molecule has 1 saturated carbocycles. The summed E-state index contributed by atoms with van der Waals surface area (Å²) < 4.78 is 11.5. The second kappa shape index (κ2) is 11.2. The fraction of sp³-hybridized carbons (Fsp3) is 0.464. The Morgan fingerprint density at radius 3 is 2.59 bits per heavy atom. The van der Waals surface area contributed by atoms with Crippen LogP contribution >= 0.6 is 11.8 Å². The first kappa shape index (κ1) is 24.5. The molecule has 1 aliphatic heterocycles. The Bertz CT molecular complexity index is 1010. The van der Waals surface area contributed by atoms with Crippen LogP contribution in [0.25, 0.3) is 6.08 Å². The number of para-hydroxylation sites is 1. The van der Waals surface area contributed by atoms with Gasteiger partial charge in [0.15, 0.2) is 17.0 Å². The molecular weight excluding hydrogens is 444 g/mol. The van der Waals surface area contributed by atoms with Crippen molar-refractivity contribution >= 4 is 29.4 Å². The lowest BCUT2D eigenvalue weighted by Gasteiger charge is -2.39. The standard InChI is InChI=1S/C28H36N2O3S/c1-19(2)18-33-24-15-14-21(16-25(24)32-4)17-26-27(31)30(23-13-9-8-10-20(23)3)28(34-26)29-22-11-6-5-7-12-22/h5-7,11-12,14-17,19-20,23,28-29H,8-10,13,18H2,1-4H3/b26-17-/t20-,23-,28?/m0/s1. The zero-order valence-electron chi connectivity index (χ0n) is 20.6. The van der Waals surface area contributed by atoms with Crippen molar-refractivity contribution in [2.75, 3.05) is 19.0 Å². The summed E-state index contributed by atoms with van der Waals surface area (Å²) in [4.78, 5) is 16.5. The molecule has 2 aromatic rings. The van der Waals surface area contributed by atoms with E-state index in [0.717, 1.165) is 28.3 Å². The Kier molecular flexibility index (Phi) is 8.09. The SMILES string of the molecule is COc1cc(/C=C2\SC(Nc3ccccc3)N([C@H]3CCCC[C@@H]3C)C2=O)ccc1OCC(C)C. The average molecular weight is 481 g/mol. The summed E-state index contributed by atoms with van der Waals surface area (Å²) in [6, 6.07) is 16.3. The molecule has 0 bridgehead atoms. The van der Waals surface area contributed by atoms with Crippen LogP contribution in [0, 0.1) is 11.8 Å². The predicted molar refractivity (Wildman–Crippen MR) is 141 cm³/mol. The summed E-state index contributed by atoms with van der Waals surface area (Å²) in [5.74, 6) is 2.44. The van der Waals surface area contributed by atoms with Gasteiger partial charge in [-0.2, -0.15) is 0 Å². The van der Waals surface area contributed by atoms with E-state index in [1.807, 2.05) is 42.5 Å². The number of nitrogens with one attached hydrogen (secondary N) is 1. The summed E-state index contributed by atoms with van der Waals surface area (Å²) in [7, 11) is 1.65. The summed E-state index contributed by atoms with van der Waals surface area (Å²) in [6.07, 6.45) is 6.64. The van der Waals surface area contributed by atoms with Gasteiger partial charge in [0.25, 0.3) is 5.91 Å². The smallest absolute Gasteiger partial charge is 0.262 e. The molecule has 0 aromatic heterocycles. The molecule has 182 valence electrons. The molecule has 5 nitrogen and oxygen atoms in total. The number of nitrogens with zero attached hydrogens (tertiary/aromatic N) is 1. The molecule has 1 aliphatic carbocycles. The van der Waals surface area contributed by atoms with Crippen molar-refractivity contribution < 1.29 is 14.3 Å². The van der Waals surface area contributed by atoms with E-state index in [4.69, 9.17) is 9.47 Å². The third-order valence-corrected chi connectivity index (χ3v) is 7.60. The van der Waals surface area contributed by atoms with Crippen molar-refractivity contribution in [1.29, 1.82) is 0 Å². The topological polar surface area (TPSA) is 50.8 Å². The van der Waals surface area contributed by atoms with Gasteiger partial charge in [-0.05, 0) is 60.6 Å². The summed E-state index contributed by atoms with van der Waals surface area (Å²) in [5.41, 5.74) is 1.83. The van der Waals surface area contributed by atoms with E-state index < -0.39 is 0 Å². The van der Waals surface area contributed by atoms with Gasteiger partial charge in [-0.1, -0.05) is 69.6 Å². The minimum Gasteiger partial charge on any atom is -0.493 e. The number of methoxy groups -OCH3 is 1. The predicted octanol–water partition coefficient (Wildman–Crippen LogP) is 6.62. The normalized spacial score (nSPS) is 24.0. The lowest BCUT2D eigenvalue weighted by Crippen LogP contribution is -2.48. The van der Waals surface area contributed by atoms with Crippen LogP contribution in [0.3, 0.4) is 0 Å². The molecule has 2 fully saturated rings. The molecule has 3 atom stereocenters. The maximum absolute atomic E-state index is 13.7. The van der Waals surface area contributed by atoms with Crippen LogP contribution in [0.15, 0.2) is 53.4 Å². The van der Waals surface area contributed by atoms with Crippen molar-refractivity contribution in [2.45, 2.75) is 58.0 Å². The number of thioether (sulfide) groups is 1. The molecule has 1 amide bonds. The highest BCUT2D eigenvalue weighted by molar-refractivity contribution is 8.05. The molecule has 0 spiro atoms. The van der Waals surface area contributed by atoms with Crippen LogP contribution in [0.4, 0.5) is 5.69 Å². The minimum atomic E-state index is -0.123. The lowest BCUT2D eigenvalue weighted by molar-refractivity contribution is -0.129. The Balaban J connectivity index is 1.60. The van der Waals surface area contributed by atoms with Gasteiger partial charge in [0.05, 0.1) is 18.6 Å². The number of rotatable bonds is 8. The van der Waals surface area contributed by atoms with Crippen LogP contribution in [0.2, 0.25) is 0 Å². The number of hydrogen-bond acceptors (Lipinski definition) is 5. The zero-order chi connectivity index (χ0) is 24.1. The molecule has 1 unspecified atom stereocenters. The summed E-state index contributed by atoms with van der Waals surface area (Å²) in [5, 5.41) is 3.60. The van der Waals surface area contributed by atoms with Crippen LogP contribution in [0.5, 0.6) is 11.5 Å². The number of carbonyl (C=O) groups is 1. The van der Waals surface area contributed by atoms with Gasteiger partial charge in [0.2, 0.25) is 0 Å². The second-order valence-electron chi connectivity index (χ2n) is 9.65. The fourth-order valence-electron chi connectivity index (χ4n) is 4.67. The Morgan fingerprint density at radius 1 is 1.12 bits per heavy atom. The van der Waals surface area contributed by atoms with E-state index in [1.165, 1.54) is 19.3 Å². The molecule has 34 heavy (non-hydrogen) atoms. The van der Waals surface area contributed by atoms with Gasteiger partial charge in [-0.3, -0.25) is 4.79 Å². The number of ether oxygens (including phenoxy) is 2. The number of amides is 1. The van der Waals surface area contributed by atoms with E-state index in [9.17, 15) is 4.79 Å². The van der Waals surface area contributed by atoms with Gasteiger partial charge in [-0.25, -0.2) is 0 Å². The molecule has 2 aromatic carbocycles. The van der Waals surface area contributed by atoms with Crippen LogP contribution in [-0.2, 0) is 4.79 Å². The van der Waals surface area contributed by atoms with E-state index in [1.54, 1.807) is 18.9 Å². The first-order chi connectivity index (χ1) is 16.5. The van der Waals surface area contributed by atoms with E-state index in [2.05, 4.69) is 43.1 Å². The number of carbonyl (C=O) groups excluding carboxylic acids is 1. The van der Waals surface area contributed by atoms with Crippen LogP contribution in [0.1, 0.15) is 52.0 Å². The Hall–Kier alpha value is -2.60. The van der Waals surface area contributed by atoms with Gasteiger partial charge >= 0.3 is 0 Å². The zero-order valence-corrected chi connectivity index (χ0v) is 21.4. The third kappa shape index (κ3) is 5.72. The molecule has 0 radical (unpaired) electrons. The first-order valence-electron chi connectivity index (χ1n) is 12.3. The maximum Gasteiger partial charge on any atom is 0.262 e. The molecule has 6 heteroatoms. The van der Waals surface area contributed by atoms with Crippen molar-refractivity contribution in [3.8, 4) is 11.5 Å². The monoisotopic (exact) mass is 480 g/mol. The summed E-state index contributed by atoms with van der Waals surface area (Å²) >= 11 is 1.60. The van der Waals surface area contributed by atoms with Gasteiger partial charge in [-0.15, -0.1) is 0 Å². The number of hydrogen-bond donors (Lipinski definition) is 1. The number of anilines is 1. The van der Waals surface area contributed by atoms with E-state index in [-0.39, 0.29) is 17.4 Å². The Labute approximate surface area is 207 Å². The quantitative estimate of drug-likeness (QED) is 0.430. The van der Waals surface area contributed by atoms with Crippen molar-refractivity contribution in [2.24, 2.45) is 11.8 Å². The highest BCUT2D eigenvalue weighted by Crippen LogP contribution is 2.42. The highest BCUT2D eigenvalue weighted by Gasteiger charge is 2.42. The van der Waals surface area contributed by atoms with Crippen molar-refractivity contribution in [1.82, 2.24) is 4.90 Å². The van der Waals surface area contributed by atoms with Crippen molar-refractivity contribution in [3.05, 3.63) is 59.0 Å². The lowest BCUT2D eigenvalue weighted by atomic mass is 9.85. The molecular formula is C28H36N2O3S. The van der Waals surface area contributed by atoms with Crippen LogP contribution < -0.4 is 14.8 Å². The van der Waals surface area contributed by atoms with E-state index in [0.29, 0.717) is 24.2 Å². The van der Waals surface area contributed by atoms with Crippen molar-refractivity contribution in [3.63, 3.8) is 0 Å². The van der Waals surface area contributed by atoms with Crippen LogP contribution in [-0.4, -0.2) is 36.1 Å². The first-order valence-corrected chi connectivity index (χ1v) is 13.2. The molecule has 4 rings (SSSR count). The molecule has 2 aliphatic rings. The maximum atomic E-state index is 13.7. The molecule has 1 N–H and O–H groups in total. The third-order valence-electron chi connectivity index (χ3n) is 6.48. The van der Waals surface area contributed by atoms with Gasteiger partial charge < -0.3 is 19.7 Å². The number of benzene rings is 2. The fourth-order valence-corrected chi connectivity index (χ4v) is 5.88. The molecule has 1 heterocycles.